The normalized spacial score (nSPS) is 18.0. The van der Waals surface area contributed by atoms with Crippen molar-refractivity contribution in [3.63, 3.8) is 0 Å². The molecule has 2 aromatic carbocycles. The number of benzene rings is 2. The molecule has 3 heterocycles. The van der Waals surface area contributed by atoms with E-state index in [1.165, 1.54) is 16.7 Å². The van der Waals surface area contributed by atoms with E-state index in [1.54, 1.807) is 7.11 Å². The predicted molar refractivity (Wildman–Crippen MR) is 121 cm³/mol. The first-order chi connectivity index (χ1) is 14.5. The standard InChI is InChI=1S/C24H25BrN2O3/c1-3-4-19-23(24(28)29)22-17-12-27-8-7-13-9-14(30-2)5-6-15(13)21(27)10-16(17)18(25)11-20(22)26-19/h5-6,9,11,21,26H,3-4,7-8,10,12H2,1-2H3,(H,28,29). The minimum absolute atomic E-state index is 0.309. The van der Waals surface area contributed by atoms with Gasteiger partial charge in [0, 0.05) is 40.2 Å². The van der Waals surface area contributed by atoms with Crippen molar-refractivity contribution in [1.29, 1.82) is 0 Å². The van der Waals surface area contributed by atoms with Gasteiger partial charge in [0.1, 0.15) is 5.75 Å². The lowest BCUT2D eigenvalue weighted by Crippen LogP contribution is -2.39. The molecule has 1 unspecified atom stereocenters. The van der Waals surface area contributed by atoms with Crippen molar-refractivity contribution in [2.45, 2.75) is 45.2 Å². The van der Waals surface area contributed by atoms with Gasteiger partial charge >= 0.3 is 5.97 Å². The first-order valence-corrected chi connectivity index (χ1v) is 11.3. The number of hydrogen-bond donors (Lipinski definition) is 2. The number of carboxylic acids is 1. The van der Waals surface area contributed by atoms with E-state index in [0.717, 1.165) is 71.2 Å². The smallest absolute Gasteiger partial charge is 0.338 e. The van der Waals surface area contributed by atoms with Crippen molar-refractivity contribution in [1.82, 2.24) is 9.88 Å². The molecule has 2 N–H and O–H groups in total. The summed E-state index contributed by atoms with van der Waals surface area (Å²) >= 11 is 3.79. The fourth-order valence-corrected chi connectivity index (χ4v) is 5.89. The van der Waals surface area contributed by atoms with Gasteiger partial charge in [-0.15, -0.1) is 0 Å². The molecule has 2 aliphatic heterocycles. The Labute approximate surface area is 184 Å². The Hall–Kier alpha value is -2.31. The third-order valence-corrected chi connectivity index (χ3v) is 7.33. The molecule has 5 rings (SSSR count). The van der Waals surface area contributed by atoms with E-state index >= 15 is 0 Å². The number of methoxy groups -OCH3 is 1. The summed E-state index contributed by atoms with van der Waals surface area (Å²) in [6.45, 7) is 3.81. The number of aromatic nitrogens is 1. The molecule has 3 aromatic rings. The second-order valence-corrected chi connectivity index (χ2v) is 9.13. The van der Waals surface area contributed by atoms with Gasteiger partial charge in [-0.05, 0) is 59.7 Å². The molecule has 6 heteroatoms. The van der Waals surface area contributed by atoms with Gasteiger partial charge in [0.25, 0.3) is 0 Å². The fourth-order valence-electron chi connectivity index (χ4n) is 5.26. The molecule has 5 nitrogen and oxygen atoms in total. The highest BCUT2D eigenvalue weighted by atomic mass is 79.9. The van der Waals surface area contributed by atoms with E-state index in [4.69, 9.17) is 4.74 Å². The minimum atomic E-state index is -0.840. The maximum absolute atomic E-state index is 12.2. The second kappa shape index (κ2) is 7.43. The number of ether oxygens (including phenoxy) is 1. The number of aromatic carboxylic acids is 1. The van der Waals surface area contributed by atoms with Crippen LogP contribution in [0.15, 0.2) is 28.7 Å². The van der Waals surface area contributed by atoms with Gasteiger partial charge in [-0.3, -0.25) is 4.90 Å². The minimum Gasteiger partial charge on any atom is -0.497 e. The summed E-state index contributed by atoms with van der Waals surface area (Å²) in [5, 5.41) is 10.9. The average Bonchev–Trinajstić information content (AvgIpc) is 3.10. The van der Waals surface area contributed by atoms with E-state index in [0.29, 0.717) is 11.6 Å². The lowest BCUT2D eigenvalue weighted by Gasteiger charge is -2.42. The second-order valence-electron chi connectivity index (χ2n) is 8.28. The van der Waals surface area contributed by atoms with Crippen LogP contribution in [0.2, 0.25) is 0 Å². The number of aryl methyl sites for hydroxylation is 1. The number of nitrogens with zero attached hydrogens (tertiary/aromatic N) is 1. The molecule has 156 valence electrons. The first kappa shape index (κ1) is 19.6. The molecule has 0 saturated carbocycles. The molecule has 0 amide bonds. The largest absolute Gasteiger partial charge is 0.497 e. The molecule has 0 fully saturated rings. The number of carbonyl (C=O) groups is 1. The number of nitrogens with one attached hydrogen (secondary N) is 1. The van der Waals surface area contributed by atoms with Crippen molar-refractivity contribution in [3.05, 3.63) is 62.2 Å². The molecular formula is C24H25BrN2O3. The maximum atomic E-state index is 12.2. The van der Waals surface area contributed by atoms with Crippen LogP contribution < -0.4 is 4.74 Å². The van der Waals surface area contributed by atoms with Crippen molar-refractivity contribution in [3.8, 4) is 5.75 Å². The lowest BCUT2D eigenvalue weighted by molar-refractivity contribution is 0.0697. The number of halogens is 1. The summed E-state index contributed by atoms with van der Waals surface area (Å²) in [5.74, 6) is 0.0654. The molecule has 0 saturated heterocycles. The number of hydrogen-bond acceptors (Lipinski definition) is 3. The number of fused-ring (bicyclic) bond motifs is 6. The molecule has 2 aliphatic rings. The molecule has 0 radical (unpaired) electrons. The van der Waals surface area contributed by atoms with Crippen LogP contribution >= 0.6 is 15.9 Å². The lowest BCUT2D eigenvalue weighted by atomic mass is 9.82. The van der Waals surface area contributed by atoms with Crippen LogP contribution in [0.25, 0.3) is 10.9 Å². The summed E-state index contributed by atoms with van der Waals surface area (Å²) in [6, 6.07) is 8.77. The van der Waals surface area contributed by atoms with Crippen molar-refractivity contribution in [2.75, 3.05) is 13.7 Å². The van der Waals surface area contributed by atoms with Crippen LogP contribution in [0.4, 0.5) is 0 Å². The highest BCUT2D eigenvalue weighted by Gasteiger charge is 2.35. The molecule has 0 aliphatic carbocycles. The number of H-pyrrole nitrogens is 1. The monoisotopic (exact) mass is 468 g/mol. The molecule has 30 heavy (non-hydrogen) atoms. The Morgan fingerprint density at radius 3 is 2.90 bits per heavy atom. The number of rotatable bonds is 4. The summed E-state index contributed by atoms with van der Waals surface area (Å²) in [6.07, 6.45) is 3.50. The van der Waals surface area contributed by atoms with Crippen LogP contribution in [0, 0.1) is 0 Å². The maximum Gasteiger partial charge on any atom is 0.338 e. The highest BCUT2D eigenvalue weighted by Crippen LogP contribution is 2.44. The van der Waals surface area contributed by atoms with Crippen LogP contribution in [-0.2, 0) is 25.8 Å². The number of carboxylic acid groups (broad SMARTS) is 1. The Balaban J connectivity index is 1.66. The third-order valence-electron chi connectivity index (χ3n) is 6.62. The van der Waals surface area contributed by atoms with E-state index in [9.17, 15) is 9.90 Å². The predicted octanol–water partition coefficient (Wildman–Crippen LogP) is 5.25. The van der Waals surface area contributed by atoms with Crippen LogP contribution in [-0.4, -0.2) is 34.6 Å². The summed E-state index contributed by atoms with van der Waals surface area (Å²) in [7, 11) is 1.71. The Morgan fingerprint density at radius 1 is 1.33 bits per heavy atom. The molecule has 1 aromatic heterocycles. The molecule has 1 atom stereocenters. The van der Waals surface area contributed by atoms with E-state index in [2.05, 4.69) is 50.9 Å². The zero-order valence-corrected chi connectivity index (χ0v) is 18.8. The van der Waals surface area contributed by atoms with Crippen molar-refractivity contribution in [2.24, 2.45) is 0 Å². The van der Waals surface area contributed by atoms with Crippen LogP contribution in [0.1, 0.15) is 57.7 Å². The van der Waals surface area contributed by atoms with Crippen molar-refractivity contribution < 1.29 is 14.6 Å². The van der Waals surface area contributed by atoms with Gasteiger partial charge in [0.05, 0.1) is 12.7 Å². The SMILES string of the molecule is CCCc1[nH]c2cc(Br)c3c(c2c1C(=O)O)CN1CCc2cc(OC)ccc2C1C3. The zero-order valence-electron chi connectivity index (χ0n) is 17.2. The topological polar surface area (TPSA) is 65.6 Å². The third kappa shape index (κ3) is 2.96. The molecule has 0 bridgehead atoms. The average molecular weight is 469 g/mol. The van der Waals surface area contributed by atoms with Gasteiger partial charge in [0.2, 0.25) is 0 Å². The Morgan fingerprint density at radius 2 is 2.17 bits per heavy atom. The summed E-state index contributed by atoms with van der Waals surface area (Å²) < 4.78 is 6.48. The van der Waals surface area contributed by atoms with E-state index in [1.807, 2.05) is 6.07 Å². The molecular weight excluding hydrogens is 444 g/mol. The van der Waals surface area contributed by atoms with Crippen molar-refractivity contribution >= 4 is 32.8 Å². The summed E-state index contributed by atoms with van der Waals surface area (Å²) in [4.78, 5) is 18.1. The molecule has 0 spiro atoms. The van der Waals surface area contributed by atoms with Crippen LogP contribution in [0.3, 0.4) is 0 Å². The Bertz CT molecular complexity index is 1170. The first-order valence-electron chi connectivity index (χ1n) is 10.5. The zero-order chi connectivity index (χ0) is 21.0. The van der Waals surface area contributed by atoms with E-state index < -0.39 is 5.97 Å². The van der Waals surface area contributed by atoms with Gasteiger partial charge in [-0.2, -0.15) is 0 Å². The van der Waals surface area contributed by atoms with Gasteiger partial charge in [-0.1, -0.05) is 35.3 Å². The van der Waals surface area contributed by atoms with Crippen LogP contribution in [0.5, 0.6) is 5.75 Å². The quantitative estimate of drug-likeness (QED) is 0.548. The highest BCUT2D eigenvalue weighted by molar-refractivity contribution is 9.10. The van der Waals surface area contributed by atoms with E-state index in [-0.39, 0.29) is 0 Å². The van der Waals surface area contributed by atoms with Gasteiger partial charge in [-0.25, -0.2) is 4.79 Å². The van der Waals surface area contributed by atoms with Gasteiger partial charge in [0.15, 0.2) is 0 Å². The number of aromatic amines is 1. The fraction of sp³-hybridized carbons (Fsp3) is 0.375. The van der Waals surface area contributed by atoms with Gasteiger partial charge < -0.3 is 14.8 Å². The Kier molecular flexibility index (Phi) is 4.86. The summed E-state index contributed by atoms with van der Waals surface area (Å²) in [5.41, 5.74) is 7.31.